The van der Waals surface area contributed by atoms with Crippen LogP contribution in [-0.4, -0.2) is 11.5 Å². The minimum absolute atomic E-state index is 0.152. The Morgan fingerprint density at radius 1 is 1.62 bits per heavy atom. The van der Waals surface area contributed by atoms with Crippen molar-refractivity contribution >= 4 is 11.6 Å². The number of hydrogen-bond acceptors (Lipinski definition) is 2. The highest BCUT2D eigenvalue weighted by Crippen LogP contribution is 2.01. The van der Waals surface area contributed by atoms with E-state index in [4.69, 9.17) is 17.3 Å². The smallest absolute Gasteiger partial charge is 0.266 e. The van der Waals surface area contributed by atoms with Crippen molar-refractivity contribution in [1.82, 2.24) is 4.98 Å². The van der Waals surface area contributed by atoms with Gasteiger partial charge in [0.05, 0.1) is 0 Å². The van der Waals surface area contributed by atoms with Gasteiger partial charge in [0.2, 0.25) is 0 Å². The van der Waals surface area contributed by atoms with E-state index in [1.54, 1.807) is 0 Å². The van der Waals surface area contributed by atoms with E-state index < -0.39 is 0 Å². The first-order chi connectivity index (χ1) is 6.24. The Morgan fingerprint density at radius 2 is 2.38 bits per heavy atom. The number of aromatic amines is 1. The Kier molecular flexibility index (Phi) is 3.56. The summed E-state index contributed by atoms with van der Waals surface area (Å²) in [4.78, 5) is 13.3. The van der Waals surface area contributed by atoms with Gasteiger partial charge in [-0.15, -0.1) is 0 Å². The summed E-state index contributed by atoms with van der Waals surface area (Å²) < 4.78 is 0. The lowest BCUT2D eigenvalue weighted by Crippen LogP contribution is -2.04. The quantitative estimate of drug-likeness (QED) is 0.651. The fraction of sp³-hybridized carbons (Fsp3) is 0.222. The van der Waals surface area contributed by atoms with E-state index in [1.165, 1.54) is 12.3 Å². The summed E-state index contributed by atoms with van der Waals surface area (Å²) in [6, 6.07) is 1.53. The van der Waals surface area contributed by atoms with Gasteiger partial charge >= 0.3 is 0 Å². The van der Waals surface area contributed by atoms with E-state index in [9.17, 15) is 4.79 Å². The molecule has 0 bridgehead atoms. The van der Waals surface area contributed by atoms with Gasteiger partial charge in [-0.05, 0) is 6.07 Å². The zero-order valence-electron chi connectivity index (χ0n) is 6.93. The van der Waals surface area contributed by atoms with Crippen molar-refractivity contribution in [3.8, 4) is 11.8 Å². The second-order valence-electron chi connectivity index (χ2n) is 2.41. The molecule has 1 rings (SSSR count). The molecule has 68 valence electrons. The molecule has 0 saturated heterocycles. The largest absolute Gasteiger partial charge is 0.330 e. The van der Waals surface area contributed by atoms with E-state index in [0.29, 0.717) is 18.5 Å². The summed E-state index contributed by atoms with van der Waals surface area (Å²) >= 11 is 5.59. The molecule has 13 heavy (non-hydrogen) atoms. The number of pyridine rings is 1. The fourth-order valence-electron chi connectivity index (χ4n) is 0.765. The Balaban J connectivity index is 2.87. The molecule has 0 amide bonds. The fourth-order valence-corrected chi connectivity index (χ4v) is 0.937. The van der Waals surface area contributed by atoms with Gasteiger partial charge in [-0.3, -0.25) is 4.79 Å². The molecule has 3 N–H and O–H groups in total. The third-order valence-corrected chi connectivity index (χ3v) is 1.64. The van der Waals surface area contributed by atoms with Gasteiger partial charge in [-0.1, -0.05) is 23.4 Å². The van der Waals surface area contributed by atoms with E-state index in [0.717, 1.165) is 0 Å². The number of aromatic nitrogens is 1. The summed E-state index contributed by atoms with van der Waals surface area (Å²) in [7, 11) is 0. The van der Waals surface area contributed by atoms with Crippen LogP contribution in [0.15, 0.2) is 17.1 Å². The van der Waals surface area contributed by atoms with Crippen molar-refractivity contribution in [3.05, 3.63) is 33.2 Å². The summed E-state index contributed by atoms with van der Waals surface area (Å²) in [5, 5.41) is 0.152. The average Bonchev–Trinajstić information content (AvgIpc) is 2.12. The van der Waals surface area contributed by atoms with Crippen molar-refractivity contribution in [1.29, 1.82) is 0 Å². The number of rotatable bonds is 1. The van der Waals surface area contributed by atoms with Crippen LogP contribution >= 0.6 is 11.6 Å². The predicted molar refractivity (Wildman–Crippen MR) is 52.6 cm³/mol. The molecule has 0 aliphatic carbocycles. The van der Waals surface area contributed by atoms with Crippen molar-refractivity contribution in [2.75, 3.05) is 6.54 Å². The number of nitrogens with one attached hydrogen (secondary N) is 1. The van der Waals surface area contributed by atoms with Crippen LogP contribution in [0.5, 0.6) is 0 Å². The molecular formula is C9H9ClN2O. The number of H-pyrrole nitrogens is 1. The lowest BCUT2D eigenvalue weighted by atomic mass is 10.3. The Bertz CT molecular complexity index is 400. The molecular weight excluding hydrogens is 188 g/mol. The summed E-state index contributed by atoms with van der Waals surface area (Å²) in [5.41, 5.74) is 5.65. The topological polar surface area (TPSA) is 58.9 Å². The molecule has 1 aromatic heterocycles. The number of nitrogens with two attached hydrogens (primary N) is 1. The number of halogens is 1. The normalized spacial score (nSPS) is 9.08. The van der Waals surface area contributed by atoms with Gasteiger partial charge in [0, 0.05) is 24.7 Å². The predicted octanol–water partition coefficient (Wildman–Crippen LogP) is 0.729. The molecule has 1 aromatic rings. The van der Waals surface area contributed by atoms with E-state index in [2.05, 4.69) is 16.8 Å². The molecule has 0 aliphatic rings. The first kappa shape index (κ1) is 9.85. The maximum atomic E-state index is 10.8. The van der Waals surface area contributed by atoms with Crippen molar-refractivity contribution in [3.63, 3.8) is 0 Å². The maximum Gasteiger partial charge on any atom is 0.266 e. The molecule has 0 radical (unpaired) electrons. The van der Waals surface area contributed by atoms with Gasteiger partial charge in [0.1, 0.15) is 5.02 Å². The van der Waals surface area contributed by atoms with Crippen LogP contribution in [0.3, 0.4) is 0 Å². The molecule has 0 aliphatic heterocycles. The van der Waals surface area contributed by atoms with E-state index in [-0.39, 0.29) is 10.6 Å². The van der Waals surface area contributed by atoms with Crippen molar-refractivity contribution in [2.24, 2.45) is 5.73 Å². The SMILES string of the molecule is NCCC#Cc1c[nH]c(=O)c(Cl)c1. The molecule has 3 nitrogen and oxygen atoms in total. The lowest BCUT2D eigenvalue weighted by Gasteiger charge is -1.90. The highest BCUT2D eigenvalue weighted by Gasteiger charge is 1.94. The van der Waals surface area contributed by atoms with Crippen LogP contribution in [0.4, 0.5) is 0 Å². The molecule has 0 aromatic carbocycles. The molecule has 0 fully saturated rings. The van der Waals surface area contributed by atoms with Gasteiger partial charge < -0.3 is 10.7 Å². The first-order valence-electron chi connectivity index (χ1n) is 3.81. The zero-order chi connectivity index (χ0) is 9.68. The van der Waals surface area contributed by atoms with Gasteiger partial charge in [-0.2, -0.15) is 0 Å². The Hall–Kier alpha value is -1.24. The summed E-state index contributed by atoms with van der Waals surface area (Å²) in [5.74, 6) is 5.67. The van der Waals surface area contributed by atoms with Crippen LogP contribution in [-0.2, 0) is 0 Å². The minimum atomic E-state index is -0.300. The second kappa shape index (κ2) is 4.70. The Labute approximate surface area is 80.9 Å². The molecule has 0 atom stereocenters. The highest BCUT2D eigenvalue weighted by molar-refractivity contribution is 6.30. The minimum Gasteiger partial charge on any atom is -0.330 e. The van der Waals surface area contributed by atoms with Gasteiger partial charge in [-0.25, -0.2) is 0 Å². The van der Waals surface area contributed by atoms with Crippen LogP contribution < -0.4 is 11.3 Å². The number of hydrogen-bond donors (Lipinski definition) is 2. The first-order valence-corrected chi connectivity index (χ1v) is 4.19. The van der Waals surface area contributed by atoms with Gasteiger partial charge in [0.25, 0.3) is 5.56 Å². The molecule has 1 heterocycles. The molecule has 0 spiro atoms. The molecule has 0 unspecified atom stereocenters. The zero-order valence-corrected chi connectivity index (χ0v) is 7.69. The Morgan fingerprint density at radius 3 is 3.00 bits per heavy atom. The molecule has 4 heteroatoms. The average molecular weight is 197 g/mol. The van der Waals surface area contributed by atoms with Crippen LogP contribution in [0, 0.1) is 11.8 Å². The molecule has 0 saturated carbocycles. The van der Waals surface area contributed by atoms with Crippen molar-refractivity contribution in [2.45, 2.75) is 6.42 Å². The van der Waals surface area contributed by atoms with E-state index >= 15 is 0 Å². The summed E-state index contributed by atoms with van der Waals surface area (Å²) in [6.45, 7) is 0.532. The third-order valence-electron chi connectivity index (χ3n) is 1.36. The van der Waals surface area contributed by atoms with Crippen LogP contribution in [0.25, 0.3) is 0 Å². The third kappa shape index (κ3) is 2.94. The maximum absolute atomic E-state index is 10.8. The van der Waals surface area contributed by atoms with Gasteiger partial charge in [0.15, 0.2) is 0 Å². The van der Waals surface area contributed by atoms with Crippen molar-refractivity contribution < 1.29 is 0 Å². The monoisotopic (exact) mass is 196 g/mol. The summed E-state index contributed by atoms with van der Waals surface area (Å²) in [6.07, 6.45) is 2.16. The second-order valence-corrected chi connectivity index (χ2v) is 2.81. The lowest BCUT2D eigenvalue weighted by molar-refractivity contribution is 1.03. The standard InChI is InChI=1S/C9H9ClN2O/c10-8-5-7(3-1-2-4-11)6-12-9(8)13/h5-6H,2,4,11H2,(H,12,13). The van der Waals surface area contributed by atoms with Crippen LogP contribution in [0.2, 0.25) is 5.02 Å². The highest BCUT2D eigenvalue weighted by atomic mass is 35.5. The van der Waals surface area contributed by atoms with Crippen LogP contribution in [0.1, 0.15) is 12.0 Å². The van der Waals surface area contributed by atoms with E-state index in [1.807, 2.05) is 0 Å².